The molecule has 3 rings (SSSR count). The number of nitrogens with zero attached hydrogens (tertiary/aromatic N) is 4. The molecule has 0 radical (unpaired) electrons. The Morgan fingerprint density at radius 1 is 1.15 bits per heavy atom. The molecule has 0 bridgehead atoms. The Bertz CT molecular complexity index is 798. The number of hydrogen-bond acceptors (Lipinski definition) is 7. The van der Waals surface area contributed by atoms with Crippen molar-refractivity contribution in [1.82, 2.24) is 4.31 Å². The second-order valence-corrected chi connectivity index (χ2v) is 7.77. The van der Waals surface area contributed by atoms with E-state index in [1.807, 2.05) is 36.4 Å². The molecule has 0 spiro atoms. The molecule has 8 heteroatoms. The van der Waals surface area contributed by atoms with Crippen molar-refractivity contribution in [2.45, 2.75) is 30.8 Å². The van der Waals surface area contributed by atoms with Gasteiger partial charge >= 0.3 is 0 Å². The number of benzene rings is 2. The molecule has 0 aromatic heterocycles. The molecule has 2 aromatic rings. The fourth-order valence-electron chi connectivity index (χ4n) is 3.10. The van der Waals surface area contributed by atoms with Gasteiger partial charge in [-0.1, -0.05) is 17.3 Å². The third kappa shape index (κ3) is 4.64. The van der Waals surface area contributed by atoms with Gasteiger partial charge in [-0.25, -0.2) is 4.31 Å². The van der Waals surface area contributed by atoms with Crippen LogP contribution in [0.4, 0.5) is 11.4 Å². The summed E-state index contributed by atoms with van der Waals surface area (Å²) in [5.74, 6) is 0. The van der Waals surface area contributed by atoms with E-state index in [4.69, 9.17) is 0 Å². The molecule has 2 unspecified atom stereocenters. The quantitative estimate of drug-likeness (QED) is 0.311. The lowest BCUT2D eigenvalue weighted by atomic mass is 10.1. The first kappa shape index (κ1) is 19.3. The van der Waals surface area contributed by atoms with Gasteiger partial charge in [-0.2, -0.15) is 4.91 Å². The van der Waals surface area contributed by atoms with Crippen LogP contribution in [0.3, 0.4) is 0 Å². The van der Waals surface area contributed by atoms with Gasteiger partial charge in [-0.05, 0) is 55.6 Å². The molecule has 1 aliphatic rings. The van der Waals surface area contributed by atoms with E-state index in [0.29, 0.717) is 6.04 Å². The highest BCUT2D eigenvalue weighted by molar-refractivity contribution is 7.97. The molecular formula is C19H22N4O3S. The second-order valence-electron chi connectivity index (χ2n) is 6.65. The molecule has 2 atom stereocenters. The van der Waals surface area contributed by atoms with E-state index < -0.39 is 0 Å². The summed E-state index contributed by atoms with van der Waals surface area (Å²) in [5.41, 5.74) is 2.05. The Hall–Kier alpha value is -2.45. The highest BCUT2D eigenvalue weighted by Gasteiger charge is 2.25. The minimum atomic E-state index is -0.377. The molecule has 0 N–H and O–H groups in total. The predicted molar refractivity (Wildman–Crippen MR) is 108 cm³/mol. The van der Waals surface area contributed by atoms with Gasteiger partial charge in [-0.15, -0.1) is 0 Å². The van der Waals surface area contributed by atoms with Crippen molar-refractivity contribution in [3.05, 3.63) is 69.1 Å². The zero-order valence-corrected chi connectivity index (χ0v) is 16.1. The van der Waals surface area contributed by atoms with Gasteiger partial charge in [0.1, 0.15) is 6.04 Å². The molecule has 7 nitrogen and oxygen atoms in total. The van der Waals surface area contributed by atoms with Crippen molar-refractivity contribution < 1.29 is 4.92 Å². The second kappa shape index (κ2) is 8.49. The molecule has 1 aliphatic heterocycles. The van der Waals surface area contributed by atoms with Crippen LogP contribution in [-0.2, 0) is 0 Å². The van der Waals surface area contributed by atoms with Crippen LogP contribution in [0, 0.1) is 15.0 Å². The maximum absolute atomic E-state index is 10.8. The zero-order valence-electron chi connectivity index (χ0n) is 15.3. The molecule has 0 amide bonds. The van der Waals surface area contributed by atoms with Crippen LogP contribution in [0.5, 0.6) is 0 Å². The summed E-state index contributed by atoms with van der Waals surface area (Å²) in [6, 6.07) is 14.7. The molecule has 2 aromatic carbocycles. The van der Waals surface area contributed by atoms with Crippen molar-refractivity contribution in [2.24, 2.45) is 5.18 Å². The Labute approximate surface area is 162 Å². The normalized spacial score (nSPS) is 18.9. The summed E-state index contributed by atoms with van der Waals surface area (Å²) in [6.07, 6.45) is 0. The predicted octanol–water partition coefficient (Wildman–Crippen LogP) is 4.64. The lowest BCUT2D eigenvalue weighted by Crippen LogP contribution is -2.49. The minimum absolute atomic E-state index is 0.114. The van der Waals surface area contributed by atoms with Gasteiger partial charge in [-0.3, -0.25) is 10.1 Å². The lowest BCUT2D eigenvalue weighted by Gasteiger charge is -2.40. The Kier molecular flexibility index (Phi) is 6.08. The summed E-state index contributed by atoms with van der Waals surface area (Å²) >= 11 is 1.71. The summed E-state index contributed by atoms with van der Waals surface area (Å²) in [7, 11) is 0. The van der Waals surface area contributed by atoms with Crippen LogP contribution in [0.1, 0.15) is 25.5 Å². The van der Waals surface area contributed by atoms with Crippen molar-refractivity contribution in [2.75, 3.05) is 24.5 Å². The number of nitro benzene ring substituents is 1. The van der Waals surface area contributed by atoms with E-state index in [-0.39, 0.29) is 16.7 Å². The van der Waals surface area contributed by atoms with Crippen molar-refractivity contribution in [3.63, 3.8) is 0 Å². The molecular weight excluding hydrogens is 364 g/mol. The first-order chi connectivity index (χ1) is 13.0. The largest absolute Gasteiger partial charge is 0.369 e. The Morgan fingerprint density at radius 2 is 1.81 bits per heavy atom. The van der Waals surface area contributed by atoms with Crippen LogP contribution in [0.15, 0.2) is 58.6 Å². The molecule has 0 saturated carbocycles. The van der Waals surface area contributed by atoms with E-state index in [1.165, 1.54) is 0 Å². The highest BCUT2D eigenvalue weighted by Crippen LogP contribution is 2.30. The fraction of sp³-hybridized carbons (Fsp3) is 0.368. The summed E-state index contributed by atoms with van der Waals surface area (Å²) < 4.78 is 2.35. The number of nitroso groups, excluding NO2 is 1. The third-order valence-corrected chi connectivity index (χ3v) is 6.00. The van der Waals surface area contributed by atoms with Gasteiger partial charge in [0.15, 0.2) is 0 Å². The smallest absolute Gasteiger partial charge is 0.269 e. The molecule has 1 heterocycles. The molecule has 0 aliphatic carbocycles. The van der Waals surface area contributed by atoms with Crippen LogP contribution in [0.25, 0.3) is 0 Å². The monoisotopic (exact) mass is 386 g/mol. The van der Waals surface area contributed by atoms with E-state index in [9.17, 15) is 15.0 Å². The van der Waals surface area contributed by atoms with Crippen molar-refractivity contribution in [1.29, 1.82) is 0 Å². The fourth-order valence-corrected chi connectivity index (χ4v) is 4.05. The number of anilines is 1. The number of piperazine rings is 1. The van der Waals surface area contributed by atoms with Gasteiger partial charge in [0.05, 0.1) is 4.92 Å². The van der Waals surface area contributed by atoms with Crippen LogP contribution in [0.2, 0.25) is 0 Å². The van der Waals surface area contributed by atoms with Crippen LogP contribution < -0.4 is 4.90 Å². The third-order valence-electron chi connectivity index (χ3n) is 4.74. The van der Waals surface area contributed by atoms with Crippen LogP contribution in [-0.4, -0.2) is 34.9 Å². The molecule has 1 fully saturated rings. The van der Waals surface area contributed by atoms with Gasteiger partial charge in [0, 0.05) is 48.4 Å². The summed E-state index contributed by atoms with van der Waals surface area (Å²) in [4.78, 5) is 24.5. The minimum Gasteiger partial charge on any atom is -0.369 e. The van der Waals surface area contributed by atoms with Crippen LogP contribution >= 0.6 is 11.9 Å². The summed E-state index contributed by atoms with van der Waals surface area (Å²) in [6.45, 7) is 6.57. The lowest BCUT2D eigenvalue weighted by molar-refractivity contribution is -0.384. The van der Waals surface area contributed by atoms with E-state index in [1.54, 1.807) is 31.0 Å². The zero-order chi connectivity index (χ0) is 19.4. The number of nitro groups is 1. The SMILES string of the molecule is CC(N=O)c1ccc(SN2CCN(c3ccc([N+](=O)[O-])cc3)CC2C)cc1. The van der Waals surface area contributed by atoms with Gasteiger partial charge in [0.2, 0.25) is 0 Å². The average Bonchev–Trinajstić information content (AvgIpc) is 2.69. The maximum Gasteiger partial charge on any atom is 0.269 e. The highest BCUT2D eigenvalue weighted by atomic mass is 32.2. The standard InChI is InChI=1S/C19H22N4O3S/c1-14-13-21(17-5-7-18(8-6-17)23(25)26)11-12-22(14)27-19-9-3-16(4-10-19)15(2)20-24/h3-10,14-15H,11-13H2,1-2H3. The van der Waals surface area contributed by atoms with Gasteiger partial charge in [0.25, 0.3) is 5.69 Å². The number of hydrogen-bond donors (Lipinski definition) is 0. The topological polar surface area (TPSA) is 79.0 Å². The molecule has 27 heavy (non-hydrogen) atoms. The van der Waals surface area contributed by atoms with Crippen molar-refractivity contribution in [3.8, 4) is 0 Å². The van der Waals surface area contributed by atoms with E-state index >= 15 is 0 Å². The van der Waals surface area contributed by atoms with Crippen molar-refractivity contribution >= 4 is 23.3 Å². The Balaban J connectivity index is 1.59. The maximum atomic E-state index is 10.8. The number of non-ortho nitro benzene ring substituents is 1. The first-order valence-electron chi connectivity index (χ1n) is 8.84. The average molecular weight is 386 g/mol. The Morgan fingerprint density at radius 3 is 2.37 bits per heavy atom. The van der Waals surface area contributed by atoms with E-state index in [2.05, 4.69) is 21.3 Å². The summed E-state index contributed by atoms with van der Waals surface area (Å²) in [5, 5.41) is 13.9. The molecule has 1 saturated heterocycles. The molecule has 142 valence electrons. The first-order valence-corrected chi connectivity index (χ1v) is 9.61. The number of rotatable bonds is 6. The van der Waals surface area contributed by atoms with Gasteiger partial charge < -0.3 is 4.90 Å². The van der Waals surface area contributed by atoms with E-state index in [0.717, 1.165) is 35.8 Å².